The summed E-state index contributed by atoms with van der Waals surface area (Å²) in [5.74, 6) is -12.7. The zero-order valence-corrected chi connectivity index (χ0v) is 9.24. The summed E-state index contributed by atoms with van der Waals surface area (Å²) < 4.78 is 80.2. The van der Waals surface area contributed by atoms with E-state index in [2.05, 4.69) is 0 Å². The zero-order valence-electron chi connectivity index (χ0n) is 9.24. The highest BCUT2D eigenvalue weighted by Crippen LogP contribution is 2.34. The number of hydrogen-bond donors (Lipinski definition) is 0. The average molecular weight is 292 g/mol. The molecule has 0 saturated carbocycles. The van der Waals surface area contributed by atoms with Crippen LogP contribution >= 0.6 is 0 Å². The van der Waals surface area contributed by atoms with Crippen LogP contribution in [0.2, 0.25) is 0 Å². The van der Waals surface area contributed by atoms with Crippen LogP contribution in [0.1, 0.15) is 20.7 Å². The molecule has 0 radical (unpaired) electrons. The lowest BCUT2D eigenvalue weighted by Crippen LogP contribution is -2.08. The predicted octanol–water partition coefficient (Wildman–Crippen LogP) is 3.30. The van der Waals surface area contributed by atoms with E-state index in [1.165, 1.54) is 0 Å². The number of carbonyl (C=O) groups is 2. The maximum absolute atomic E-state index is 13.6. The molecule has 2 rings (SSSR count). The first-order chi connectivity index (χ1) is 9.36. The van der Waals surface area contributed by atoms with E-state index in [0.29, 0.717) is 0 Å². The predicted molar refractivity (Wildman–Crippen MR) is 54.5 cm³/mol. The van der Waals surface area contributed by atoms with E-state index in [1.54, 1.807) is 0 Å². The van der Waals surface area contributed by atoms with Gasteiger partial charge in [-0.15, -0.1) is 0 Å². The molecule has 20 heavy (non-hydrogen) atoms. The van der Waals surface area contributed by atoms with Crippen LogP contribution in [-0.4, -0.2) is 12.6 Å². The third kappa shape index (κ3) is 1.60. The van der Waals surface area contributed by atoms with Crippen molar-refractivity contribution in [2.45, 2.75) is 0 Å². The molecule has 2 aromatic carbocycles. The number of fused-ring (bicyclic) bond motifs is 1. The smallest absolute Gasteiger partial charge is 0.195 e. The Kier molecular flexibility index (Phi) is 3.24. The molecule has 0 aliphatic heterocycles. The van der Waals surface area contributed by atoms with E-state index >= 15 is 0 Å². The Morgan fingerprint density at radius 1 is 0.500 bits per heavy atom. The number of benzene rings is 2. The second-order valence-corrected chi connectivity index (χ2v) is 3.70. The maximum atomic E-state index is 13.6. The third-order valence-corrected chi connectivity index (χ3v) is 2.71. The molecule has 0 aromatic heterocycles. The number of halogens is 6. The molecule has 0 amide bonds. The highest BCUT2D eigenvalue weighted by atomic mass is 19.2. The van der Waals surface area contributed by atoms with Gasteiger partial charge in [-0.05, 0) is 0 Å². The van der Waals surface area contributed by atoms with Gasteiger partial charge in [-0.3, -0.25) is 9.59 Å². The van der Waals surface area contributed by atoms with Crippen LogP contribution < -0.4 is 0 Å². The molecular weight excluding hydrogens is 290 g/mol. The minimum Gasteiger partial charge on any atom is -0.298 e. The molecule has 0 spiro atoms. The summed E-state index contributed by atoms with van der Waals surface area (Å²) in [6.07, 6.45) is -0.787. The van der Waals surface area contributed by atoms with Crippen LogP contribution in [0, 0.1) is 34.9 Å². The molecule has 0 heterocycles. The molecule has 2 aromatic rings. The molecule has 0 saturated heterocycles. The molecule has 0 aliphatic rings. The second kappa shape index (κ2) is 4.62. The lowest BCUT2D eigenvalue weighted by atomic mass is 9.98. The first kappa shape index (κ1) is 14.0. The number of aldehydes is 2. The van der Waals surface area contributed by atoms with Crippen LogP contribution in [0.4, 0.5) is 26.3 Å². The van der Waals surface area contributed by atoms with Crippen molar-refractivity contribution in [2.75, 3.05) is 0 Å². The quantitative estimate of drug-likeness (QED) is 0.483. The van der Waals surface area contributed by atoms with Gasteiger partial charge in [0.1, 0.15) is 0 Å². The molecule has 0 aliphatic carbocycles. The summed E-state index contributed by atoms with van der Waals surface area (Å²) in [7, 11) is 0. The van der Waals surface area contributed by atoms with Crippen molar-refractivity contribution < 1.29 is 35.9 Å². The SMILES string of the molecule is O=Cc1c(F)c(F)c(F)c2c(C=O)c(F)c(F)c(F)c12. The van der Waals surface area contributed by atoms with E-state index in [9.17, 15) is 35.9 Å². The molecule has 0 bridgehead atoms. The van der Waals surface area contributed by atoms with Crippen LogP contribution in [0.3, 0.4) is 0 Å². The number of carbonyl (C=O) groups excluding carboxylic acids is 2. The van der Waals surface area contributed by atoms with Gasteiger partial charge in [0, 0.05) is 10.8 Å². The van der Waals surface area contributed by atoms with Gasteiger partial charge < -0.3 is 0 Å². The summed E-state index contributed by atoms with van der Waals surface area (Å²) >= 11 is 0. The summed E-state index contributed by atoms with van der Waals surface area (Å²) in [5, 5.41) is -2.67. The molecule has 0 N–H and O–H groups in total. The molecule has 2 nitrogen and oxygen atoms in total. The van der Waals surface area contributed by atoms with Crippen molar-refractivity contribution in [3.8, 4) is 0 Å². The molecule has 8 heteroatoms. The molecule has 0 atom stereocenters. The Bertz CT molecular complexity index is 704. The number of rotatable bonds is 2. The van der Waals surface area contributed by atoms with E-state index in [0.717, 1.165) is 0 Å². The van der Waals surface area contributed by atoms with Crippen LogP contribution in [-0.2, 0) is 0 Å². The lowest BCUT2D eigenvalue weighted by molar-refractivity contribution is 0.111. The van der Waals surface area contributed by atoms with Crippen molar-refractivity contribution in [2.24, 2.45) is 0 Å². The van der Waals surface area contributed by atoms with Crippen molar-refractivity contribution >= 4 is 23.3 Å². The van der Waals surface area contributed by atoms with Crippen molar-refractivity contribution in [3.63, 3.8) is 0 Å². The normalized spacial score (nSPS) is 10.9. The zero-order chi connectivity index (χ0) is 15.2. The number of hydrogen-bond acceptors (Lipinski definition) is 2. The topological polar surface area (TPSA) is 34.1 Å². The Balaban J connectivity index is 3.29. The largest absolute Gasteiger partial charge is 0.298 e. The monoisotopic (exact) mass is 292 g/mol. The molecular formula is C12H2F6O2. The van der Waals surface area contributed by atoms with Crippen molar-refractivity contribution in [1.29, 1.82) is 0 Å². The minimum absolute atomic E-state index is 0.394. The maximum Gasteiger partial charge on any atom is 0.195 e. The Labute approximate surface area is 106 Å². The Morgan fingerprint density at radius 2 is 0.800 bits per heavy atom. The second-order valence-electron chi connectivity index (χ2n) is 3.70. The summed E-state index contributed by atoms with van der Waals surface area (Å²) in [5.41, 5.74) is -2.70. The third-order valence-electron chi connectivity index (χ3n) is 2.71. The molecule has 0 unspecified atom stereocenters. The highest BCUT2D eigenvalue weighted by molar-refractivity contribution is 6.06. The van der Waals surface area contributed by atoms with Gasteiger partial charge in [0.05, 0.1) is 11.1 Å². The first-order valence-electron chi connectivity index (χ1n) is 4.93. The first-order valence-corrected chi connectivity index (χ1v) is 4.93. The lowest BCUT2D eigenvalue weighted by Gasteiger charge is -2.10. The van der Waals surface area contributed by atoms with Gasteiger partial charge in [-0.2, -0.15) is 0 Å². The Morgan fingerprint density at radius 3 is 1.05 bits per heavy atom. The fraction of sp³-hybridized carbons (Fsp3) is 0. The van der Waals surface area contributed by atoms with Crippen LogP contribution in [0.15, 0.2) is 0 Å². The fourth-order valence-electron chi connectivity index (χ4n) is 1.81. The minimum atomic E-state index is -2.20. The van der Waals surface area contributed by atoms with Gasteiger partial charge in [-0.1, -0.05) is 0 Å². The van der Waals surface area contributed by atoms with Crippen LogP contribution in [0.5, 0.6) is 0 Å². The summed E-state index contributed by atoms with van der Waals surface area (Å²) in [6.45, 7) is 0. The van der Waals surface area contributed by atoms with E-state index in [-0.39, 0.29) is 0 Å². The van der Waals surface area contributed by atoms with Gasteiger partial charge in [0.2, 0.25) is 0 Å². The fourth-order valence-corrected chi connectivity index (χ4v) is 1.81. The van der Waals surface area contributed by atoms with E-state index in [4.69, 9.17) is 0 Å². The van der Waals surface area contributed by atoms with Gasteiger partial charge in [-0.25, -0.2) is 26.3 Å². The molecule has 0 fully saturated rings. The standard InChI is InChI=1S/C12H2F6O2/c13-7-3(1-19)5-6(10(16)11(7)17)4(2-20)8(14)12(18)9(5)15/h1-2H. The van der Waals surface area contributed by atoms with E-state index in [1.807, 2.05) is 0 Å². The highest BCUT2D eigenvalue weighted by Gasteiger charge is 2.29. The van der Waals surface area contributed by atoms with E-state index < -0.39 is 69.4 Å². The Hall–Kier alpha value is -2.38. The van der Waals surface area contributed by atoms with Gasteiger partial charge >= 0.3 is 0 Å². The van der Waals surface area contributed by atoms with Crippen LogP contribution in [0.25, 0.3) is 10.8 Å². The van der Waals surface area contributed by atoms with Crippen molar-refractivity contribution in [3.05, 3.63) is 46.0 Å². The van der Waals surface area contributed by atoms with Crippen molar-refractivity contribution in [1.82, 2.24) is 0 Å². The summed E-state index contributed by atoms with van der Waals surface area (Å²) in [4.78, 5) is 21.3. The summed E-state index contributed by atoms with van der Waals surface area (Å²) in [6, 6.07) is 0. The van der Waals surface area contributed by atoms with Gasteiger partial charge in [0.25, 0.3) is 0 Å². The van der Waals surface area contributed by atoms with Gasteiger partial charge in [0.15, 0.2) is 47.5 Å². The average Bonchev–Trinajstić information content (AvgIpc) is 2.44. The molecule has 104 valence electrons.